The molecular weight excluding hydrogens is 276 g/mol. The minimum atomic E-state index is -3.66. The molecular formula is C14H22N2O3S. The fraction of sp³-hybridized carbons (Fsp3) is 0.571. The van der Waals surface area contributed by atoms with Crippen molar-refractivity contribution in [2.45, 2.75) is 56.6 Å². The highest BCUT2D eigenvalue weighted by atomic mass is 32.2. The molecule has 0 radical (unpaired) electrons. The Kier molecular flexibility index (Phi) is 4.36. The molecule has 20 heavy (non-hydrogen) atoms. The lowest BCUT2D eigenvalue weighted by molar-refractivity contribution is 0.101. The van der Waals surface area contributed by atoms with Crippen molar-refractivity contribution in [2.75, 3.05) is 5.73 Å². The molecule has 1 aliphatic carbocycles. The summed E-state index contributed by atoms with van der Waals surface area (Å²) in [7, 11) is -3.66. The molecule has 0 aromatic heterocycles. The van der Waals surface area contributed by atoms with Crippen molar-refractivity contribution >= 4 is 15.7 Å². The number of benzene rings is 1. The van der Waals surface area contributed by atoms with Crippen LogP contribution >= 0.6 is 0 Å². The van der Waals surface area contributed by atoms with Gasteiger partial charge in [-0.3, -0.25) is 0 Å². The van der Waals surface area contributed by atoms with E-state index < -0.39 is 22.2 Å². The van der Waals surface area contributed by atoms with E-state index in [9.17, 15) is 13.5 Å². The highest BCUT2D eigenvalue weighted by molar-refractivity contribution is 7.89. The van der Waals surface area contributed by atoms with Crippen molar-refractivity contribution in [1.82, 2.24) is 4.72 Å². The number of hydrogen-bond acceptors (Lipinski definition) is 4. The summed E-state index contributed by atoms with van der Waals surface area (Å²) in [6.45, 7) is 3.60. The minimum absolute atomic E-state index is 0.202. The first kappa shape index (κ1) is 15.3. The number of hydrogen-bond donors (Lipinski definition) is 3. The van der Waals surface area contributed by atoms with E-state index in [0.29, 0.717) is 24.1 Å². The number of rotatable bonds is 3. The van der Waals surface area contributed by atoms with E-state index in [4.69, 9.17) is 5.73 Å². The SMILES string of the molecule is Cc1cc(N)cc(S(=O)(=O)N[C@@H]2CCCC[C@H]2O)c1C. The van der Waals surface area contributed by atoms with Gasteiger partial charge < -0.3 is 10.8 Å². The first-order valence-electron chi connectivity index (χ1n) is 6.88. The van der Waals surface area contributed by atoms with E-state index >= 15 is 0 Å². The third-order valence-electron chi connectivity index (χ3n) is 3.97. The van der Waals surface area contributed by atoms with E-state index in [1.165, 1.54) is 6.07 Å². The zero-order valence-corrected chi connectivity index (χ0v) is 12.7. The molecule has 5 nitrogen and oxygen atoms in total. The van der Waals surface area contributed by atoms with Crippen LogP contribution in [0.2, 0.25) is 0 Å². The summed E-state index contributed by atoms with van der Waals surface area (Å²) in [5.74, 6) is 0. The average molecular weight is 298 g/mol. The highest BCUT2D eigenvalue weighted by Crippen LogP contribution is 2.25. The molecule has 0 saturated heterocycles. The van der Waals surface area contributed by atoms with Gasteiger partial charge in [-0.15, -0.1) is 0 Å². The molecule has 0 amide bonds. The minimum Gasteiger partial charge on any atom is -0.399 e. The third-order valence-corrected chi connectivity index (χ3v) is 5.58. The number of aliphatic hydroxyl groups is 1. The summed E-state index contributed by atoms with van der Waals surface area (Å²) in [4.78, 5) is 0.202. The van der Waals surface area contributed by atoms with Crippen LogP contribution in [0, 0.1) is 13.8 Å². The summed E-state index contributed by atoms with van der Waals surface area (Å²) in [6, 6.07) is 2.82. The van der Waals surface area contributed by atoms with Crippen molar-refractivity contribution in [2.24, 2.45) is 0 Å². The van der Waals surface area contributed by atoms with Crippen molar-refractivity contribution in [3.05, 3.63) is 23.3 Å². The fourth-order valence-electron chi connectivity index (χ4n) is 2.64. The second-order valence-corrected chi connectivity index (χ2v) is 7.22. The molecule has 1 aliphatic rings. The Balaban J connectivity index is 2.31. The summed E-state index contributed by atoms with van der Waals surface area (Å²) in [5, 5.41) is 9.91. The van der Waals surface area contributed by atoms with Gasteiger partial charge in [0.2, 0.25) is 10.0 Å². The van der Waals surface area contributed by atoms with Gasteiger partial charge in [0.05, 0.1) is 11.0 Å². The molecule has 0 heterocycles. The van der Waals surface area contributed by atoms with Crippen LogP contribution in [0.25, 0.3) is 0 Å². The highest BCUT2D eigenvalue weighted by Gasteiger charge is 2.29. The Labute approximate surface area is 120 Å². The molecule has 0 unspecified atom stereocenters. The molecule has 1 aromatic rings. The van der Waals surface area contributed by atoms with Gasteiger partial charge in [-0.25, -0.2) is 13.1 Å². The Morgan fingerprint density at radius 3 is 2.55 bits per heavy atom. The second-order valence-electron chi connectivity index (χ2n) is 5.54. The Morgan fingerprint density at radius 1 is 1.25 bits per heavy atom. The normalized spacial score (nSPS) is 23.8. The summed E-state index contributed by atoms with van der Waals surface area (Å²) >= 11 is 0. The van der Waals surface area contributed by atoms with Crippen LogP contribution in [-0.4, -0.2) is 25.7 Å². The maximum absolute atomic E-state index is 12.5. The lowest BCUT2D eigenvalue weighted by Crippen LogP contribution is -2.45. The van der Waals surface area contributed by atoms with Crippen LogP contribution in [0.4, 0.5) is 5.69 Å². The molecule has 1 fully saturated rings. The smallest absolute Gasteiger partial charge is 0.241 e. The third kappa shape index (κ3) is 3.13. The number of nitrogens with one attached hydrogen (secondary N) is 1. The standard InChI is InChI=1S/C14H22N2O3S/c1-9-7-11(15)8-14(10(9)2)20(18,19)16-12-5-3-4-6-13(12)17/h7-8,12-13,16-17H,3-6,15H2,1-2H3/t12-,13-/m1/s1. The van der Waals surface area contributed by atoms with E-state index in [1.807, 2.05) is 6.92 Å². The molecule has 1 saturated carbocycles. The quantitative estimate of drug-likeness (QED) is 0.737. The summed E-state index contributed by atoms with van der Waals surface area (Å²) < 4.78 is 27.6. The number of aryl methyl sites for hydroxylation is 1. The maximum Gasteiger partial charge on any atom is 0.241 e. The molecule has 6 heteroatoms. The average Bonchev–Trinajstić information content (AvgIpc) is 2.36. The van der Waals surface area contributed by atoms with Gasteiger partial charge in [-0.2, -0.15) is 0 Å². The lowest BCUT2D eigenvalue weighted by Gasteiger charge is -2.28. The van der Waals surface area contributed by atoms with Crippen LogP contribution in [0.3, 0.4) is 0 Å². The van der Waals surface area contributed by atoms with Crippen LogP contribution in [0.15, 0.2) is 17.0 Å². The zero-order chi connectivity index (χ0) is 14.9. The van der Waals surface area contributed by atoms with Crippen molar-refractivity contribution < 1.29 is 13.5 Å². The van der Waals surface area contributed by atoms with Gasteiger partial charge in [0.1, 0.15) is 0 Å². The monoisotopic (exact) mass is 298 g/mol. The molecule has 4 N–H and O–H groups in total. The van der Waals surface area contributed by atoms with Crippen molar-refractivity contribution in [3.8, 4) is 0 Å². The zero-order valence-electron chi connectivity index (χ0n) is 11.9. The van der Waals surface area contributed by atoms with Crippen molar-refractivity contribution in [3.63, 3.8) is 0 Å². The molecule has 1 aromatic carbocycles. The van der Waals surface area contributed by atoms with Gasteiger partial charge in [0.25, 0.3) is 0 Å². The Hall–Kier alpha value is -1.11. The summed E-state index contributed by atoms with van der Waals surface area (Å²) in [5.41, 5.74) is 7.71. The van der Waals surface area contributed by atoms with Gasteiger partial charge in [-0.05, 0) is 49.9 Å². The molecule has 2 rings (SSSR count). The van der Waals surface area contributed by atoms with E-state index in [0.717, 1.165) is 18.4 Å². The molecule has 2 atom stereocenters. The van der Waals surface area contributed by atoms with E-state index in [-0.39, 0.29) is 4.90 Å². The van der Waals surface area contributed by atoms with Crippen LogP contribution in [-0.2, 0) is 10.0 Å². The topological polar surface area (TPSA) is 92.4 Å². The molecule has 112 valence electrons. The van der Waals surface area contributed by atoms with E-state index in [2.05, 4.69) is 4.72 Å². The predicted octanol–water partition coefficient (Wildman–Crippen LogP) is 1.47. The fourth-order valence-corrected chi connectivity index (χ4v) is 4.30. The predicted molar refractivity (Wildman–Crippen MR) is 78.9 cm³/mol. The summed E-state index contributed by atoms with van der Waals surface area (Å²) in [6.07, 6.45) is 2.57. The second kappa shape index (κ2) is 5.71. The van der Waals surface area contributed by atoms with Crippen LogP contribution in [0.5, 0.6) is 0 Å². The van der Waals surface area contributed by atoms with Gasteiger partial charge in [0, 0.05) is 11.7 Å². The van der Waals surface area contributed by atoms with E-state index in [1.54, 1.807) is 13.0 Å². The molecule has 0 bridgehead atoms. The lowest BCUT2D eigenvalue weighted by atomic mass is 9.93. The molecule has 0 spiro atoms. The Morgan fingerprint density at radius 2 is 1.90 bits per heavy atom. The number of nitrogen functional groups attached to an aromatic ring is 1. The van der Waals surface area contributed by atoms with Gasteiger partial charge in [0.15, 0.2) is 0 Å². The van der Waals surface area contributed by atoms with Crippen molar-refractivity contribution in [1.29, 1.82) is 0 Å². The number of nitrogens with two attached hydrogens (primary N) is 1. The van der Waals surface area contributed by atoms with Gasteiger partial charge >= 0.3 is 0 Å². The first-order chi connectivity index (χ1) is 9.31. The number of anilines is 1. The number of sulfonamides is 1. The van der Waals surface area contributed by atoms with Crippen LogP contribution < -0.4 is 10.5 Å². The maximum atomic E-state index is 12.5. The van der Waals surface area contributed by atoms with Crippen LogP contribution in [0.1, 0.15) is 36.8 Å². The van der Waals surface area contributed by atoms with Gasteiger partial charge in [-0.1, -0.05) is 12.8 Å². The number of aliphatic hydroxyl groups excluding tert-OH is 1. The first-order valence-corrected chi connectivity index (χ1v) is 8.36. The largest absolute Gasteiger partial charge is 0.399 e. The Bertz CT molecular complexity index is 599. The molecule has 0 aliphatic heterocycles.